The molecule has 40 heavy (non-hydrogen) atoms. The lowest BCUT2D eigenvalue weighted by Gasteiger charge is -2.26. The lowest BCUT2D eigenvalue weighted by molar-refractivity contribution is -0.122. The first-order valence-electron chi connectivity index (χ1n) is 13.3. The minimum atomic E-state index is -2.59. The Bertz CT molecular complexity index is 1180. The molecule has 1 unspecified atom stereocenters. The Morgan fingerprint density at radius 3 is 2.17 bits per heavy atom. The summed E-state index contributed by atoms with van der Waals surface area (Å²) in [4.78, 5) is 35.6. The minimum absolute atomic E-state index is 0.0161. The molecule has 0 aliphatic carbocycles. The topological polar surface area (TPSA) is 124 Å². The van der Waals surface area contributed by atoms with Crippen molar-refractivity contribution in [3.63, 3.8) is 0 Å². The molecule has 11 heteroatoms. The number of ether oxygens (including phenoxy) is 3. The normalized spacial score (nSPS) is 12.3. The molecular formula is C29H36N2O8P+. The van der Waals surface area contributed by atoms with Crippen LogP contribution in [0.25, 0.3) is 0 Å². The first-order chi connectivity index (χ1) is 19.5. The summed E-state index contributed by atoms with van der Waals surface area (Å²) in [6.07, 6.45) is 1.93. The zero-order valence-electron chi connectivity index (χ0n) is 22.5. The van der Waals surface area contributed by atoms with Crippen LogP contribution in [0.3, 0.4) is 0 Å². The molecule has 0 aromatic heterocycles. The molecule has 2 aromatic carbocycles. The lowest BCUT2D eigenvalue weighted by Crippen LogP contribution is -2.31. The smallest absolute Gasteiger partial charge is 0.377 e. The fraction of sp³-hybridized carbons (Fsp3) is 0.448. The Labute approximate surface area is 235 Å². The van der Waals surface area contributed by atoms with Gasteiger partial charge < -0.3 is 24.4 Å². The number of anilines is 1. The van der Waals surface area contributed by atoms with Crippen LogP contribution < -0.4 is 10.2 Å². The van der Waals surface area contributed by atoms with Crippen molar-refractivity contribution in [3.05, 3.63) is 65.2 Å². The van der Waals surface area contributed by atoms with Crippen LogP contribution in [0.15, 0.2) is 48.5 Å². The van der Waals surface area contributed by atoms with Gasteiger partial charge in [0.25, 0.3) is 0 Å². The molecule has 2 N–H and O–H groups in total. The van der Waals surface area contributed by atoms with Gasteiger partial charge in [-0.1, -0.05) is 42.2 Å². The van der Waals surface area contributed by atoms with Gasteiger partial charge in [0, 0.05) is 35.1 Å². The van der Waals surface area contributed by atoms with E-state index < -0.39 is 8.25 Å². The zero-order chi connectivity index (χ0) is 28.4. The van der Waals surface area contributed by atoms with Gasteiger partial charge in [-0.05, 0) is 36.6 Å². The number of fused-ring (bicyclic) bond motifs is 2. The highest BCUT2D eigenvalue weighted by molar-refractivity contribution is 7.32. The van der Waals surface area contributed by atoms with Crippen LogP contribution >= 0.6 is 8.25 Å². The largest absolute Gasteiger partial charge is 0.694 e. The van der Waals surface area contributed by atoms with Gasteiger partial charge in [-0.25, -0.2) is 0 Å². The zero-order valence-corrected chi connectivity index (χ0v) is 23.4. The molecule has 1 aliphatic rings. The van der Waals surface area contributed by atoms with E-state index in [2.05, 4.69) is 21.7 Å². The Kier molecular flexibility index (Phi) is 14.3. The Hall–Kier alpha value is -3.16. The summed E-state index contributed by atoms with van der Waals surface area (Å²) in [6.45, 7) is 3.02. The van der Waals surface area contributed by atoms with Crippen molar-refractivity contribution >= 4 is 25.8 Å². The molecule has 0 fully saturated rings. The SMILES string of the molecule is O=C(CCCCC(=O)N1Cc2ccccc2C#Cc2ccccc21)NCCOCCOCCOCCO[P+](=O)O. The summed E-state index contributed by atoms with van der Waals surface area (Å²) in [6, 6.07) is 15.6. The van der Waals surface area contributed by atoms with Crippen molar-refractivity contribution in [1.82, 2.24) is 5.32 Å². The Morgan fingerprint density at radius 1 is 0.825 bits per heavy atom. The summed E-state index contributed by atoms with van der Waals surface area (Å²) in [7, 11) is -2.59. The van der Waals surface area contributed by atoms with E-state index in [4.69, 9.17) is 19.1 Å². The number of hydrogen-bond acceptors (Lipinski definition) is 7. The number of nitrogens with zero attached hydrogens (tertiary/aromatic N) is 1. The van der Waals surface area contributed by atoms with E-state index in [0.29, 0.717) is 71.8 Å². The second kappa shape index (κ2) is 18.2. The first-order valence-corrected chi connectivity index (χ1v) is 14.5. The predicted molar refractivity (Wildman–Crippen MR) is 150 cm³/mol. The summed E-state index contributed by atoms with van der Waals surface area (Å²) in [5.74, 6) is 6.37. The van der Waals surface area contributed by atoms with Gasteiger partial charge in [0.1, 0.15) is 6.61 Å². The first kappa shape index (κ1) is 31.4. The van der Waals surface area contributed by atoms with Crippen molar-refractivity contribution in [2.75, 3.05) is 57.7 Å². The highest BCUT2D eigenvalue weighted by atomic mass is 31.1. The lowest BCUT2D eigenvalue weighted by atomic mass is 10.0. The molecular weight excluding hydrogens is 535 g/mol. The van der Waals surface area contributed by atoms with Crippen molar-refractivity contribution in [2.24, 2.45) is 0 Å². The van der Waals surface area contributed by atoms with Crippen LogP contribution in [-0.4, -0.2) is 69.5 Å². The van der Waals surface area contributed by atoms with E-state index in [-0.39, 0.29) is 25.0 Å². The van der Waals surface area contributed by atoms with Crippen molar-refractivity contribution < 1.29 is 37.8 Å². The van der Waals surface area contributed by atoms with E-state index in [1.165, 1.54) is 0 Å². The summed E-state index contributed by atoms with van der Waals surface area (Å²) in [5.41, 5.74) is 3.59. The van der Waals surface area contributed by atoms with Gasteiger partial charge in [-0.3, -0.25) is 9.59 Å². The molecule has 0 radical (unpaired) electrons. The number of amides is 2. The van der Waals surface area contributed by atoms with E-state index in [0.717, 1.165) is 22.4 Å². The predicted octanol–water partition coefficient (Wildman–Crippen LogP) is 3.33. The number of carbonyl (C=O) groups is 2. The molecule has 3 rings (SSSR count). The number of carbonyl (C=O) groups excluding carboxylic acids is 2. The number of rotatable bonds is 18. The van der Waals surface area contributed by atoms with Crippen LogP contribution in [0, 0.1) is 11.8 Å². The van der Waals surface area contributed by atoms with E-state index in [1.807, 2.05) is 48.5 Å². The van der Waals surface area contributed by atoms with Gasteiger partial charge >= 0.3 is 8.25 Å². The maximum atomic E-state index is 13.2. The molecule has 214 valence electrons. The summed E-state index contributed by atoms with van der Waals surface area (Å²) < 4.78 is 30.7. The average molecular weight is 572 g/mol. The average Bonchev–Trinajstić information content (AvgIpc) is 2.94. The number of benzene rings is 2. The van der Waals surface area contributed by atoms with Crippen LogP contribution in [0.1, 0.15) is 42.4 Å². The van der Waals surface area contributed by atoms with Gasteiger partial charge in [0.2, 0.25) is 11.8 Å². The third kappa shape index (κ3) is 11.5. The quantitative estimate of drug-likeness (QED) is 0.159. The molecule has 1 aliphatic heterocycles. The number of hydrogen-bond donors (Lipinski definition) is 2. The van der Waals surface area contributed by atoms with Crippen LogP contribution in [-0.2, 0) is 39.4 Å². The highest BCUT2D eigenvalue weighted by Gasteiger charge is 2.20. The second-order valence-corrected chi connectivity index (χ2v) is 9.60. The van der Waals surface area contributed by atoms with Crippen LogP contribution in [0.5, 0.6) is 0 Å². The fourth-order valence-electron chi connectivity index (χ4n) is 3.97. The summed E-state index contributed by atoms with van der Waals surface area (Å²) in [5, 5.41) is 2.83. The van der Waals surface area contributed by atoms with E-state index >= 15 is 0 Å². The van der Waals surface area contributed by atoms with Gasteiger partial charge in [-0.15, -0.1) is 9.42 Å². The molecule has 0 spiro atoms. The maximum Gasteiger partial charge on any atom is 0.694 e. The number of nitrogens with one attached hydrogen (secondary N) is 1. The van der Waals surface area contributed by atoms with Crippen LogP contribution in [0.2, 0.25) is 0 Å². The molecule has 0 bridgehead atoms. The fourth-order valence-corrected chi connectivity index (χ4v) is 4.20. The third-order valence-electron chi connectivity index (χ3n) is 5.96. The van der Waals surface area contributed by atoms with Gasteiger partial charge in [0.05, 0.1) is 51.9 Å². The Morgan fingerprint density at radius 2 is 1.43 bits per heavy atom. The molecule has 2 aromatic rings. The number of unbranched alkanes of at least 4 members (excludes halogenated alkanes) is 1. The molecule has 1 atom stereocenters. The highest BCUT2D eigenvalue weighted by Crippen LogP contribution is 2.26. The molecule has 0 saturated heterocycles. The third-order valence-corrected chi connectivity index (χ3v) is 6.36. The van der Waals surface area contributed by atoms with Crippen molar-refractivity contribution in [2.45, 2.75) is 32.2 Å². The number of para-hydroxylation sites is 1. The summed E-state index contributed by atoms with van der Waals surface area (Å²) >= 11 is 0. The van der Waals surface area contributed by atoms with E-state index in [1.54, 1.807) is 4.90 Å². The van der Waals surface area contributed by atoms with Crippen LogP contribution in [0.4, 0.5) is 5.69 Å². The molecule has 2 amide bonds. The molecule has 0 saturated carbocycles. The van der Waals surface area contributed by atoms with Crippen molar-refractivity contribution in [3.8, 4) is 11.8 Å². The molecule has 1 heterocycles. The van der Waals surface area contributed by atoms with Gasteiger partial charge in [0.15, 0.2) is 0 Å². The standard InChI is InChI=1S/C29H35N2O8P/c32-28(30-15-16-36-17-18-37-19-20-38-21-22-39-40(34)35)11-5-6-12-29(33)31-23-26-9-2-1-7-24(26)13-14-25-8-3-4-10-27(25)31/h1-4,7-10H,5-6,11-12,15-23H2,(H-,30,32,34,35)/p+1. The molecule has 10 nitrogen and oxygen atoms in total. The monoisotopic (exact) mass is 571 g/mol. The van der Waals surface area contributed by atoms with E-state index in [9.17, 15) is 14.2 Å². The Balaban J connectivity index is 1.25. The second-order valence-electron chi connectivity index (χ2n) is 8.87. The minimum Gasteiger partial charge on any atom is -0.377 e. The van der Waals surface area contributed by atoms with Gasteiger partial charge in [-0.2, -0.15) is 0 Å². The maximum absolute atomic E-state index is 13.2. The van der Waals surface area contributed by atoms with Crippen molar-refractivity contribution in [1.29, 1.82) is 0 Å².